The summed E-state index contributed by atoms with van der Waals surface area (Å²) < 4.78 is 13.1. The van der Waals surface area contributed by atoms with Crippen LogP contribution in [0.3, 0.4) is 0 Å². The summed E-state index contributed by atoms with van der Waals surface area (Å²) in [7, 11) is 3.85. The van der Waals surface area contributed by atoms with Gasteiger partial charge in [-0.05, 0) is 38.2 Å². The minimum atomic E-state index is -0.287. The molecule has 0 atom stereocenters. The molecule has 0 aromatic heterocycles. The van der Waals surface area contributed by atoms with Gasteiger partial charge in [0, 0.05) is 25.0 Å². The minimum Gasteiger partial charge on any atom is -0.399 e. The maximum absolute atomic E-state index is 13.1. The average Bonchev–Trinajstić information content (AvgIpc) is 2.16. The molecule has 0 amide bonds. The second-order valence-electron chi connectivity index (χ2n) is 3.62. The minimum absolute atomic E-state index is 0.287. The molecule has 84 valence electrons. The summed E-state index contributed by atoms with van der Waals surface area (Å²) in [5.74, 6) is -0.287. The van der Waals surface area contributed by atoms with E-state index < -0.39 is 0 Å². The maximum Gasteiger partial charge on any atom is 0.127 e. The molecular formula is C11H18FN3. The van der Waals surface area contributed by atoms with Crippen molar-refractivity contribution in [3.05, 3.63) is 24.0 Å². The van der Waals surface area contributed by atoms with Crippen molar-refractivity contribution in [3.8, 4) is 0 Å². The Labute approximate surface area is 90.1 Å². The lowest BCUT2D eigenvalue weighted by atomic mass is 10.2. The third kappa shape index (κ3) is 3.75. The third-order valence-corrected chi connectivity index (χ3v) is 2.27. The van der Waals surface area contributed by atoms with E-state index in [4.69, 9.17) is 5.73 Å². The van der Waals surface area contributed by atoms with E-state index in [1.54, 1.807) is 6.07 Å². The molecule has 0 bridgehead atoms. The molecule has 0 saturated carbocycles. The largest absolute Gasteiger partial charge is 0.399 e. The molecule has 15 heavy (non-hydrogen) atoms. The number of rotatable bonds is 5. The van der Waals surface area contributed by atoms with Gasteiger partial charge in [-0.1, -0.05) is 0 Å². The number of anilines is 2. The summed E-state index contributed by atoms with van der Waals surface area (Å²) in [5.41, 5.74) is 6.86. The zero-order valence-corrected chi connectivity index (χ0v) is 9.26. The number of hydrogen-bond donors (Lipinski definition) is 2. The molecule has 1 rings (SSSR count). The normalized spacial score (nSPS) is 10.3. The van der Waals surface area contributed by atoms with Crippen LogP contribution in [-0.4, -0.2) is 27.2 Å². The second-order valence-corrected chi connectivity index (χ2v) is 3.62. The monoisotopic (exact) mass is 211 g/mol. The lowest BCUT2D eigenvalue weighted by Gasteiger charge is -2.19. The summed E-state index contributed by atoms with van der Waals surface area (Å²) in [5, 5.41) is 3.07. The smallest absolute Gasteiger partial charge is 0.127 e. The fourth-order valence-corrected chi connectivity index (χ4v) is 1.44. The number of nitrogens with zero attached hydrogens (tertiary/aromatic N) is 1. The molecule has 1 aromatic rings. The molecule has 1 aromatic carbocycles. The van der Waals surface area contributed by atoms with E-state index in [9.17, 15) is 4.39 Å². The lowest BCUT2D eigenvalue weighted by molar-refractivity contribution is 0.627. The average molecular weight is 211 g/mol. The van der Waals surface area contributed by atoms with Gasteiger partial charge in [0.25, 0.3) is 0 Å². The Morgan fingerprint density at radius 1 is 1.40 bits per heavy atom. The Kier molecular flexibility index (Phi) is 4.37. The predicted octanol–water partition coefficient (Wildman–Crippen LogP) is 1.45. The fraction of sp³-hybridized carbons (Fsp3) is 0.455. The van der Waals surface area contributed by atoms with Crippen LogP contribution in [0, 0.1) is 5.82 Å². The van der Waals surface area contributed by atoms with Gasteiger partial charge in [-0.2, -0.15) is 0 Å². The molecule has 0 aliphatic carbocycles. The Balaban J connectivity index is 2.60. The van der Waals surface area contributed by atoms with Crippen molar-refractivity contribution in [3.63, 3.8) is 0 Å². The van der Waals surface area contributed by atoms with Crippen molar-refractivity contribution in [1.82, 2.24) is 5.32 Å². The van der Waals surface area contributed by atoms with E-state index in [0.717, 1.165) is 25.2 Å². The number of benzene rings is 1. The summed E-state index contributed by atoms with van der Waals surface area (Å²) >= 11 is 0. The van der Waals surface area contributed by atoms with Crippen LogP contribution in [0.2, 0.25) is 0 Å². The van der Waals surface area contributed by atoms with Gasteiger partial charge in [0.1, 0.15) is 5.82 Å². The number of nitrogen functional groups attached to an aromatic ring is 1. The molecule has 0 aliphatic heterocycles. The van der Waals surface area contributed by atoms with Gasteiger partial charge in [-0.3, -0.25) is 0 Å². The van der Waals surface area contributed by atoms with Crippen LogP contribution < -0.4 is 16.0 Å². The van der Waals surface area contributed by atoms with Crippen LogP contribution >= 0.6 is 0 Å². The highest BCUT2D eigenvalue weighted by molar-refractivity contribution is 5.55. The lowest BCUT2D eigenvalue weighted by Crippen LogP contribution is -2.22. The number of hydrogen-bond acceptors (Lipinski definition) is 3. The van der Waals surface area contributed by atoms with Gasteiger partial charge in [0.05, 0.1) is 0 Å². The third-order valence-electron chi connectivity index (χ3n) is 2.27. The van der Waals surface area contributed by atoms with Crippen molar-refractivity contribution >= 4 is 11.4 Å². The van der Waals surface area contributed by atoms with Crippen LogP contribution in [0.4, 0.5) is 15.8 Å². The van der Waals surface area contributed by atoms with E-state index in [-0.39, 0.29) is 5.82 Å². The number of nitrogens with two attached hydrogens (primary N) is 1. The molecule has 4 heteroatoms. The van der Waals surface area contributed by atoms with Crippen LogP contribution in [0.5, 0.6) is 0 Å². The Morgan fingerprint density at radius 2 is 2.13 bits per heavy atom. The Hall–Kier alpha value is -1.29. The highest BCUT2D eigenvalue weighted by Crippen LogP contribution is 2.18. The molecule has 3 N–H and O–H groups in total. The van der Waals surface area contributed by atoms with Crippen molar-refractivity contribution < 1.29 is 4.39 Å². The SMILES string of the molecule is CNCCCN(C)c1cc(N)cc(F)c1. The van der Waals surface area contributed by atoms with Crippen molar-refractivity contribution in [1.29, 1.82) is 0 Å². The van der Waals surface area contributed by atoms with Gasteiger partial charge in [-0.25, -0.2) is 4.39 Å². The molecule has 0 aliphatic rings. The molecule has 0 spiro atoms. The maximum atomic E-state index is 13.1. The van der Waals surface area contributed by atoms with Crippen LogP contribution in [0.1, 0.15) is 6.42 Å². The van der Waals surface area contributed by atoms with E-state index >= 15 is 0 Å². The molecule has 0 radical (unpaired) electrons. The van der Waals surface area contributed by atoms with Crippen LogP contribution in [-0.2, 0) is 0 Å². The van der Waals surface area contributed by atoms with E-state index in [1.165, 1.54) is 12.1 Å². The zero-order chi connectivity index (χ0) is 11.3. The highest BCUT2D eigenvalue weighted by Gasteiger charge is 2.03. The fourth-order valence-electron chi connectivity index (χ4n) is 1.44. The van der Waals surface area contributed by atoms with Crippen molar-refractivity contribution in [2.24, 2.45) is 0 Å². The molecule has 0 saturated heterocycles. The van der Waals surface area contributed by atoms with Gasteiger partial charge in [-0.15, -0.1) is 0 Å². The molecular weight excluding hydrogens is 193 g/mol. The topological polar surface area (TPSA) is 41.3 Å². The van der Waals surface area contributed by atoms with Crippen LogP contribution in [0.15, 0.2) is 18.2 Å². The Bertz CT molecular complexity index is 294. The number of halogens is 1. The summed E-state index contributed by atoms with van der Waals surface area (Å²) in [6.07, 6.45) is 1.02. The van der Waals surface area contributed by atoms with Gasteiger partial charge < -0.3 is 16.0 Å². The standard InChI is InChI=1S/C11H18FN3/c1-14-4-3-5-15(2)11-7-9(12)6-10(13)8-11/h6-8,14H,3-5,13H2,1-2H3. The predicted molar refractivity (Wildman–Crippen MR) is 62.6 cm³/mol. The van der Waals surface area contributed by atoms with E-state index in [1.807, 2.05) is 19.0 Å². The van der Waals surface area contributed by atoms with Gasteiger partial charge in [0.2, 0.25) is 0 Å². The number of nitrogens with one attached hydrogen (secondary N) is 1. The first-order chi connectivity index (χ1) is 7.13. The van der Waals surface area contributed by atoms with Gasteiger partial charge >= 0.3 is 0 Å². The van der Waals surface area contributed by atoms with E-state index in [0.29, 0.717) is 5.69 Å². The van der Waals surface area contributed by atoms with Gasteiger partial charge in [0.15, 0.2) is 0 Å². The van der Waals surface area contributed by atoms with Crippen molar-refractivity contribution in [2.75, 3.05) is 37.8 Å². The summed E-state index contributed by atoms with van der Waals surface area (Å²) in [6, 6.07) is 4.60. The first kappa shape index (κ1) is 11.8. The van der Waals surface area contributed by atoms with Crippen molar-refractivity contribution in [2.45, 2.75) is 6.42 Å². The quantitative estimate of drug-likeness (QED) is 0.572. The summed E-state index contributed by atoms with van der Waals surface area (Å²) in [6.45, 7) is 1.83. The molecule has 0 fully saturated rings. The first-order valence-electron chi connectivity index (χ1n) is 5.05. The second kappa shape index (κ2) is 5.56. The molecule has 0 heterocycles. The Morgan fingerprint density at radius 3 is 2.73 bits per heavy atom. The first-order valence-corrected chi connectivity index (χ1v) is 5.05. The zero-order valence-electron chi connectivity index (χ0n) is 9.26. The van der Waals surface area contributed by atoms with Crippen LogP contribution in [0.25, 0.3) is 0 Å². The molecule has 0 unspecified atom stereocenters. The molecule has 3 nitrogen and oxygen atoms in total. The van der Waals surface area contributed by atoms with E-state index in [2.05, 4.69) is 5.32 Å². The highest BCUT2D eigenvalue weighted by atomic mass is 19.1. The summed E-state index contributed by atoms with van der Waals surface area (Å²) in [4.78, 5) is 2.00.